The third kappa shape index (κ3) is 3.43. The van der Waals surface area contributed by atoms with Crippen molar-refractivity contribution in [2.24, 2.45) is 0 Å². The van der Waals surface area contributed by atoms with Crippen LogP contribution in [0.2, 0.25) is 0 Å². The maximum absolute atomic E-state index is 2.43. The normalized spacial score (nSPS) is 13.1. The van der Waals surface area contributed by atoms with E-state index in [1.165, 1.54) is 54.1 Å². The molecular weight excluding hydrogens is 460 g/mol. The monoisotopic (exact) mass is 486 g/mol. The van der Waals surface area contributed by atoms with Crippen LogP contribution in [0.4, 0.5) is 0 Å². The van der Waals surface area contributed by atoms with Gasteiger partial charge in [0.15, 0.2) is 8.07 Å². The molecule has 0 saturated carbocycles. The molecule has 6 aromatic rings. The number of fused-ring (bicyclic) bond motifs is 3. The summed E-state index contributed by atoms with van der Waals surface area (Å²) in [4.78, 5) is 0. The first kappa shape index (κ1) is 21.8. The van der Waals surface area contributed by atoms with Gasteiger partial charge < -0.3 is 0 Å². The van der Waals surface area contributed by atoms with E-state index in [0.29, 0.717) is 0 Å². The van der Waals surface area contributed by atoms with E-state index in [9.17, 15) is 0 Å². The first-order valence-electron chi connectivity index (χ1n) is 12.9. The van der Waals surface area contributed by atoms with Crippen LogP contribution in [0.5, 0.6) is 0 Å². The molecule has 0 aliphatic carbocycles. The molecule has 0 fully saturated rings. The van der Waals surface area contributed by atoms with Gasteiger partial charge in [0, 0.05) is 0 Å². The highest BCUT2D eigenvalue weighted by Crippen LogP contribution is 2.33. The van der Waals surface area contributed by atoms with Crippen molar-refractivity contribution in [3.05, 3.63) is 158 Å². The van der Waals surface area contributed by atoms with Gasteiger partial charge in [0.25, 0.3) is 0 Å². The topological polar surface area (TPSA) is 0 Å². The fourth-order valence-electron chi connectivity index (χ4n) is 6.14. The van der Waals surface area contributed by atoms with E-state index in [4.69, 9.17) is 0 Å². The highest BCUT2D eigenvalue weighted by Gasteiger charge is 2.48. The van der Waals surface area contributed by atoms with Gasteiger partial charge >= 0.3 is 0 Å². The number of benzene rings is 6. The molecule has 6 aromatic carbocycles. The summed E-state index contributed by atoms with van der Waals surface area (Å²) in [6.45, 7) is 0. The molecule has 1 heterocycles. The maximum Gasteiger partial charge on any atom is 0.180 e. The van der Waals surface area contributed by atoms with Gasteiger partial charge in [-0.3, -0.25) is 0 Å². The Kier molecular flexibility index (Phi) is 5.23. The Morgan fingerprint density at radius 1 is 0.297 bits per heavy atom. The lowest BCUT2D eigenvalue weighted by Crippen LogP contribution is -2.72. The average molecular weight is 487 g/mol. The molecule has 37 heavy (non-hydrogen) atoms. The molecule has 0 nitrogen and oxygen atoms in total. The predicted octanol–water partition coefficient (Wildman–Crippen LogP) is 6.38. The molecule has 0 radical (unpaired) electrons. The second kappa shape index (κ2) is 8.88. The fourth-order valence-corrected chi connectivity index (χ4v) is 11.3. The Balaban J connectivity index is 1.47. The Labute approximate surface area is 219 Å². The molecule has 0 spiro atoms. The summed E-state index contributed by atoms with van der Waals surface area (Å²) in [5, 5.41) is 5.84. The Hall–Kier alpha value is -4.46. The minimum Gasteiger partial charge on any atom is -0.0623 e. The third-order valence-corrected chi connectivity index (χ3v) is 12.6. The molecule has 174 valence electrons. The molecular formula is C36H26Si. The molecule has 0 unspecified atom stereocenters. The van der Waals surface area contributed by atoms with Gasteiger partial charge in [0.1, 0.15) is 0 Å². The summed E-state index contributed by atoms with van der Waals surface area (Å²) in [7, 11) is -2.41. The van der Waals surface area contributed by atoms with Crippen molar-refractivity contribution in [3.63, 3.8) is 0 Å². The van der Waals surface area contributed by atoms with Crippen molar-refractivity contribution < 1.29 is 0 Å². The second-order valence-electron chi connectivity index (χ2n) is 9.73. The van der Waals surface area contributed by atoms with E-state index in [-0.39, 0.29) is 0 Å². The quantitative estimate of drug-likeness (QED) is 0.253. The molecule has 0 amide bonds. The average Bonchev–Trinajstić information content (AvgIpc) is 3.29. The predicted molar refractivity (Wildman–Crippen MR) is 160 cm³/mol. The van der Waals surface area contributed by atoms with Crippen LogP contribution in [0.1, 0.15) is 0 Å². The molecule has 0 N–H and O–H groups in total. The molecule has 0 atom stereocenters. The van der Waals surface area contributed by atoms with Gasteiger partial charge in [-0.15, -0.1) is 0 Å². The van der Waals surface area contributed by atoms with Gasteiger partial charge in [-0.05, 0) is 66.3 Å². The van der Waals surface area contributed by atoms with E-state index in [2.05, 4.69) is 158 Å². The van der Waals surface area contributed by atoms with Crippen LogP contribution in [0.15, 0.2) is 158 Å². The van der Waals surface area contributed by atoms with Crippen molar-refractivity contribution in [3.8, 4) is 33.4 Å². The molecule has 0 saturated heterocycles. The zero-order chi connectivity index (χ0) is 24.7. The molecule has 1 heteroatoms. The van der Waals surface area contributed by atoms with E-state index >= 15 is 0 Å². The number of hydrogen-bond donors (Lipinski definition) is 0. The van der Waals surface area contributed by atoms with Crippen molar-refractivity contribution >= 4 is 28.8 Å². The summed E-state index contributed by atoms with van der Waals surface area (Å²) in [6.07, 6.45) is 0. The van der Waals surface area contributed by atoms with Crippen LogP contribution in [-0.4, -0.2) is 8.07 Å². The highest BCUT2D eigenvalue weighted by molar-refractivity contribution is 7.22. The summed E-state index contributed by atoms with van der Waals surface area (Å²) < 4.78 is 0. The van der Waals surface area contributed by atoms with Crippen molar-refractivity contribution in [1.82, 2.24) is 0 Å². The largest absolute Gasteiger partial charge is 0.180 e. The van der Waals surface area contributed by atoms with Crippen LogP contribution in [0.25, 0.3) is 33.4 Å². The standard InChI is InChI=1S/C36H26Si/c1-4-13-27(14-5-1)28-15-12-16-29(25-28)30-23-24-36-34(26-30)33-21-10-11-22-35(33)37(36,31-17-6-2-7-18-31)32-19-8-3-9-20-32/h1-26H. The van der Waals surface area contributed by atoms with Crippen molar-refractivity contribution in [2.45, 2.75) is 0 Å². The van der Waals surface area contributed by atoms with Gasteiger partial charge in [0.05, 0.1) is 0 Å². The fraction of sp³-hybridized carbons (Fsp3) is 0. The van der Waals surface area contributed by atoms with Crippen molar-refractivity contribution in [1.29, 1.82) is 0 Å². The summed E-state index contributed by atoms with van der Waals surface area (Å²) in [5.74, 6) is 0. The maximum atomic E-state index is 2.43. The Morgan fingerprint density at radius 3 is 1.46 bits per heavy atom. The van der Waals surface area contributed by atoms with Crippen LogP contribution in [-0.2, 0) is 0 Å². The summed E-state index contributed by atoms with van der Waals surface area (Å²) in [5.41, 5.74) is 7.75. The van der Waals surface area contributed by atoms with Crippen LogP contribution < -0.4 is 20.7 Å². The lowest BCUT2D eigenvalue weighted by atomic mass is 9.96. The Morgan fingerprint density at radius 2 is 0.784 bits per heavy atom. The zero-order valence-corrected chi connectivity index (χ0v) is 21.5. The minimum absolute atomic E-state index is 1.25. The molecule has 0 bridgehead atoms. The smallest absolute Gasteiger partial charge is 0.0623 e. The van der Waals surface area contributed by atoms with Crippen molar-refractivity contribution in [2.75, 3.05) is 0 Å². The molecule has 1 aliphatic heterocycles. The highest BCUT2D eigenvalue weighted by atomic mass is 28.3. The third-order valence-electron chi connectivity index (χ3n) is 7.76. The van der Waals surface area contributed by atoms with Gasteiger partial charge in [-0.25, -0.2) is 0 Å². The van der Waals surface area contributed by atoms with Gasteiger partial charge in [-0.1, -0.05) is 146 Å². The van der Waals surface area contributed by atoms with E-state index in [0.717, 1.165) is 0 Å². The SMILES string of the molecule is c1ccc(-c2cccc(-c3ccc4c(c3)-c3ccccc3[Si]4(c3ccccc3)c3ccccc3)c2)cc1. The zero-order valence-electron chi connectivity index (χ0n) is 20.5. The first-order valence-corrected chi connectivity index (χ1v) is 14.9. The van der Waals surface area contributed by atoms with Crippen LogP contribution in [0, 0.1) is 0 Å². The number of hydrogen-bond acceptors (Lipinski definition) is 0. The minimum atomic E-state index is -2.41. The molecule has 1 aliphatic rings. The number of rotatable bonds is 4. The second-order valence-corrected chi connectivity index (χ2v) is 13.5. The van der Waals surface area contributed by atoms with Gasteiger partial charge in [-0.2, -0.15) is 0 Å². The van der Waals surface area contributed by atoms with E-state index in [1.54, 1.807) is 0 Å². The lowest BCUT2D eigenvalue weighted by molar-refractivity contribution is 1.59. The first-order chi connectivity index (χ1) is 18.4. The summed E-state index contributed by atoms with van der Waals surface area (Å²) >= 11 is 0. The van der Waals surface area contributed by atoms with Gasteiger partial charge in [0.2, 0.25) is 0 Å². The molecule has 0 aromatic heterocycles. The summed E-state index contributed by atoms with van der Waals surface area (Å²) in [6, 6.07) is 58.2. The Bertz CT molecular complexity index is 1660. The molecule has 7 rings (SSSR count). The van der Waals surface area contributed by atoms with Crippen LogP contribution >= 0.6 is 0 Å². The van der Waals surface area contributed by atoms with E-state index in [1.807, 2.05) is 0 Å². The van der Waals surface area contributed by atoms with Crippen LogP contribution in [0.3, 0.4) is 0 Å². The lowest BCUT2D eigenvalue weighted by Gasteiger charge is -2.31. The van der Waals surface area contributed by atoms with E-state index < -0.39 is 8.07 Å².